The average Bonchev–Trinajstić information content (AvgIpc) is 2.67. The first-order valence-electron chi connectivity index (χ1n) is 7.89. The zero-order chi connectivity index (χ0) is 17.6. The quantitative estimate of drug-likeness (QED) is 0.859. The van der Waals surface area contributed by atoms with Crippen molar-refractivity contribution in [3.8, 4) is 22.8 Å². The van der Waals surface area contributed by atoms with Crippen molar-refractivity contribution in [1.82, 2.24) is 4.98 Å². The summed E-state index contributed by atoms with van der Waals surface area (Å²) in [6, 6.07) is 10.6. The monoisotopic (exact) mass is 345 g/mol. The minimum atomic E-state index is -1.16. The third-order valence-electron chi connectivity index (χ3n) is 3.75. The van der Waals surface area contributed by atoms with Crippen LogP contribution in [0.5, 0.6) is 11.5 Å². The van der Waals surface area contributed by atoms with E-state index in [2.05, 4.69) is 4.98 Å². The molecular weight excluding hydrogens is 326 g/mol. The SMILES string of the molecule is COc1ccccc1-c1ccc(OCC2COCCO2)c(C(=O)O)n1. The second-order valence-electron chi connectivity index (χ2n) is 5.43. The van der Waals surface area contributed by atoms with Crippen LogP contribution in [0.25, 0.3) is 11.3 Å². The van der Waals surface area contributed by atoms with Crippen LogP contribution in [0.2, 0.25) is 0 Å². The molecule has 0 aliphatic carbocycles. The minimum Gasteiger partial charge on any atom is -0.496 e. The Kier molecular flexibility index (Phi) is 5.47. The summed E-state index contributed by atoms with van der Waals surface area (Å²) >= 11 is 0. The van der Waals surface area contributed by atoms with E-state index in [4.69, 9.17) is 18.9 Å². The first kappa shape index (κ1) is 17.2. The molecule has 7 heteroatoms. The lowest BCUT2D eigenvalue weighted by Gasteiger charge is -2.23. The number of pyridine rings is 1. The minimum absolute atomic E-state index is 0.153. The number of aromatic nitrogens is 1. The Bertz CT molecular complexity index is 742. The van der Waals surface area contributed by atoms with E-state index >= 15 is 0 Å². The molecule has 132 valence electrons. The number of hydrogen-bond donors (Lipinski definition) is 1. The number of ether oxygens (including phenoxy) is 4. The van der Waals surface area contributed by atoms with Crippen LogP contribution in [0.3, 0.4) is 0 Å². The van der Waals surface area contributed by atoms with Gasteiger partial charge in [-0.3, -0.25) is 0 Å². The molecule has 1 aliphatic heterocycles. The maximum absolute atomic E-state index is 11.6. The predicted molar refractivity (Wildman–Crippen MR) is 89.2 cm³/mol. The van der Waals surface area contributed by atoms with Gasteiger partial charge in [-0.05, 0) is 24.3 Å². The fourth-order valence-corrected chi connectivity index (χ4v) is 2.54. The van der Waals surface area contributed by atoms with Crippen molar-refractivity contribution in [1.29, 1.82) is 0 Å². The number of aromatic carboxylic acids is 1. The van der Waals surface area contributed by atoms with Gasteiger partial charge in [0.15, 0.2) is 11.4 Å². The van der Waals surface area contributed by atoms with Crippen LogP contribution in [0.15, 0.2) is 36.4 Å². The van der Waals surface area contributed by atoms with Gasteiger partial charge in [0.05, 0.1) is 32.6 Å². The van der Waals surface area contributed by atoms with Crippen LogP contribution in [-0.4, -0.2) is 55.7 Å². The van der Waals surface area contributed by atoms with E-state index in [1.165, 1.54) is 0 Å². The summed E-state index contributed by atoms with van der Waals surface area (Å²) in [6.45, 7) is 1.70. The van der Waals surface area contributed by atoms with E-state index in [0.29, 0.717) is 36.8 Å². The van der Waals surface area contributed by atoms with E-state index in [1.807, 2.05) is 18.2 Å². The predicted octanol–water partition coefficient (Wildman–Crippen LogP) is 2.25. The van der Waals surface area contributed by atoms with E-state index in [1.54, 1.807) is 25.3 Å². The Morgan fingerprint density at radius 1 is 1.24 bits per heavy atom. The lowest BCUT2D eigenvalue weighted by atomic mass is 10.1. The fraction of sp³-hybridized carbons (Fsp3) is 0.333. The van der Waals surface area contributed by atoms with Crippen LogP contribution < -0.4 is 9.47 Å². The van der Waals surface area contributed by atoms with Gasteiger partial charge in [-0.25, -0.2) is 9.78 Å². The number of carboxylic acids is 1. The smallest absolute Gasteiger partial charge is 0.358 e. The number of carboxylic acid groups (broad SMARTS) is 1. The van der Waals surface area contributed by atoms with Crippen molar-refractivity contribution in [2.45, 2.75) is 6.10 Å². The second-order valence-corrected chi connectivity index (χ2v) is 5.43. The molecule has 1 aliphatic rings. The lowest BCUT2D eigenvalue weighted by Crippen LogP contribution is -2.33. The molecular formula is C18H19NO6. The van der Waals surface area contributed by atoms with E-state index in [9.17, 15) is 9.90 Å². The van der Waals surface area contributed by atoms with Crippen LogP contribution in [0.1, 0.15) is 10.5 Å². The van der Waals surface area contributed by atoms with Gasteiger partial charge in [0.1, 0.15) is 18.5 Å². The standard InChI is InChI=1S/C18H19NO6/c1-22-15-5-3-2-4-13(15)14-6-7-16(17(19-14)18(20)21)25-11-12-10-23-8-9-24-12/h2-7,12H,8-11H2,1H3,(H,20,21). The molecule has 1 unspecified atom stereocenters. The number of hydrogen-bond acceptors (Lipinski definition) is 6. The molecule has 2 heterocycles. The summed E-state index contributed by atoms with van der Waals surface area (Å²) in [7, 11) is 1.56. The Hall–Kier alpha value is -2.64. The van der Waals surface area contributed by atoms with Crippen molar-refractivity contribution >= 4 is 5.97 Å². The first-order valence-corrected chi connectivity index (χ1v) is 7.89. The Morgan fingerprint density at radius 3 is 2.80 bits per heavy atom. The molecule has 0 amide bonds. The molecule has 1 N–H and O–H groups in total. The van der Waals surface area contributed by atoms with E-state index in [0.717, 1.165) is 0 Å². The first-order chi connectivity index (χ1) is 12.2. The number of para-hydroxylation sites is 1. The van der Waals surface area contributed by atoms with E-state index < -0.39 is 5.97 Å². The van der Waals surface area contributed by atoms with Crippen LogP contribution in [-0.2, 0) is 9.47 Å². The molecule has 0 radical (unpaired) electrons. The topological polar surface area (TPSA) is 87.1 Å². The zero-order valence-corrected chi connectivity index (χ0v) is 13.8. The summed E-state index contributed by atoms with van der Waals surface area (Å²) in [6.07, 6.45) is -0.218. The van der Waals surface area contributed by atoms with E-state index in [-0.39, 0.29) is 24.2 Å². The molecule has 1 aromatic carbocycles. The number of nitrogens with zero attached hydrogens (tertiary/aromatic N) is 1. The van der Waals surface area contributed by atoms with Crippen molar-refractivity contribution in [3.05, 3.63) is 42.1 Å². The zero-order valence-electron chi connectivity index (χ0n) is 13.8. The Morgan fingerprint density at radius 2 is 2.08 bits per heavy atom. The van der Waals surface area contributed by atoms with Crippen molar-refractivity contribution < 1.29 is 28.8 Å². The number of benzene rings is 1. The van der Waals surface area contributed by atoms with Crippen LogP contribution in [0, 0.1) is 0 Å². The number of methoxy groups -OCH3 is 1. The second kappa shape index (κ2) is 7.96. The van der Waals surface area contributed by atoms with Gasteiger partial charge in [-0.1, -0.05) is 12.1 Å². The van der Waals surface area contributed by atoms with Crippen molar-refractivity contribution in [2.24, 2.45) is 0 Å². The summed E-state index contributed by atoms with van der Waals surface area (Å²) in [4.78, 5) is 15.8. The fourth-order valence-electron chi connectivity index (χ4n) is 2.54. The third-order valence-corrected chi connectivity index (χ3v) is 3.75. The van der Waals surface area contributed by atoms with Crippen molar-refractivity contribution in [3.63, 3.8) is 0 Å². The van der Waals surface area contributed by atoms with Crippen LogP contribution >= 0.6 is 0 Å². The van der Waals surface area contributed by atoms with Gasteiger partial charge in [0, 0.05) is 5.56 Å². The maximum Gasteiger partial charge on any atom is 0.358 e. The highest BCUT2D eigenvalue weighted by Gasteiger charge is 2.20. The summed E-state index contributed by atoms with van der Waals surface area (Å²) in [5.74, 6) is -0.347. The largest absolute Gasteiger partial charge is 0.496 e. The van der Waals surface area contributed by atoms with Gasteiger partial charge in [0.2, 0.25) is 0 Å². The molecule has 0 spiro atoms. The van der Waals surface area contributed by atoms with Gasteiger partial charge in [0.25, 0.3) is 0 Å². The molecule has 0 saturated carbocycles. The maximum atomic E-state index is 11.6. The lowest BCUT2D eigenvalue weighted by molar-refractivity contribution is -0.101. The average molecular weight is 345 g/mol. The molecule has 2 aromatic rings. The highest BCUT2D eigenvalue weighted by molar-refractivity contribution is 5.89. The highest BCUT2D eigenvalue weighted by Crippen LogP contribution is 2.30. The molecule has 0 bridgehead atoms. The summed E-state index contributed by atoms with van der Waals surface area (Å²) < 4.78 is 21.7. The number of carbonyl (C=O) groups is 1. The molecule has 1 saturated heterocycles. The molecule has 7 nitrogen and oxygen atoms in total. The molecule has 3 rings (SSSR count). The Labute approximate surface area is 145 Å². The van der Waals surface area contributed by atoms with Crippen molar-refractivity contribution in [2.75, 3.05) is 33.5 Å². The summed E-state index contributed by atoms with van der Waals surface area (Å²) in [5.41, 5.74) is 1.06. The Balaban J connectivity index is 1.84. The van der Waals surface area contributed by atoms with Crippen LogP contribution in [0.4, 0.5) is 0 Å². The third kappa shape index (κ3) is 4.07. The normalized spacial score (nSPS) is 17.1. The molecule has 1 aromatic heterocycles. The molecule has 1 fully saturated rings. The number of rotatable bonds is 6. The van der Waals surface area contributed by atoms with Gasteiger partial charge in [-0.2, -0.15) is 0 Å². The highest BCUT2D eigenvalue weighted by atomic mass is 16.6. The van der Waals surface area contributed by atoms with Gasteiger partial charge >= 0.3 is 5.97 Å². The molecule has 1 atom stereocenters. The van der Waals surface area contributed by atoms with Gasteiger partial charge < -0.3 is 24.1 Å². The summed E-state index contributed by atoms with van der Waals surface area (Å²) in [5, 5.41) is 9.47. The van der Waals surface area contributed by atoms with Gasteiger partial charge in [-0.15, -0.1) is 0 Å². The molecule has 25 heavy (non-hydrogen) atoms.